The van der Waals surface area contributed by atoms with Gasteiger partial charge in [-0.2, -0.15) is 0 Å². The fourth-order valence-electron chi connectivity index (χ4n) is 3.76. The number of fused-ring (bicyclic) bond motifs is 2. The molecular formula is C18H24N2O3. The summed E-state index contributed by atoms with van der Waals surface area (Å²) in [5.74, 6) is 1.30. The number of amides is 2. The first kappa shape index (κ1) is 15.8. The summed E-state index contributed by atoms with van der Waals surface area (Å²) in [6.45, 7) is 5.19. The highest BCUT2D eigenvalue weighted by molar-refractivity contribution is 6.08. The Labute approximate surface area is 137 Å². The summed E-state index contributed by atoms with van der Waals surface area (Å²) in [7, 11) is 3.43. The summed E-state index contributed by atoms with van der Waals surface area (Å²) in [4.78, 5) is 28.9. The Balaban J connectivity index is 1.94. The summed E-state index contributed by atoms with van der Waals surface area (Å²) >= 11 is 0. The maximum absolute atomic E-state index is 12.9. The molecule has 0 radical (unpaired) electrons. The van der Waals surface area contributed by atoms with Gasteiger partial charge in [0.1, 0.15) is 5.75 Å². The lowest BCUT2D eigenvalue weighted by molar-refractivity contribution is -0.131. The molecule has 1 saturated heterocycles. The van der Waals surface area contributed by atoms with Crippen LogP contribution in [0.15, 0.2) is 18.2 Å². The number of nitrogens with zero attached hydrogens (tertiary/aromatic N) is 2. The molecule has 2 amide bonds. The van der Waals surface area contributed by atoms with Gasteiger partial charge in [-0.15, -0.1) is 0 Å². The Bertz CT molecular complexity index is 656. The highest BCUT2D eigenvalue weighted by Gasteiger charge is 2.54. The number of carbonyl (C=O) groups is 2. The number of likely N-dealkylation sites (tertiary alicyclic amines) is 1. The zero-order valence-corrected chi connectivity index (χ0v) is 14.3. The lowest BCUT2D eigenvalue weighted by Crippen LogP contribution is -2.42. The molecule has 124 valence electrons. The first-order chi connectivity index (χ1) is 10.9. The van der Waals surface area contributed by atoms with E-state index in [1.165, 1.54) is 0 Å². The SMILES string of the molecule is COc1ccc2c(c1)[C@]1(CCN(C(=O)CC(C)C)C1)C(=O)N2C. The van der Waals surface area contributed by atoms with E-state index in [0.29, 0.717) is 31.8 Å². The van der Waals surface area contributed by atoms with Gasteiger partial charge in [0.15, 0.2) is 0 Å². The van der Waals surface area contributed by atoms with Crippen LogP contribution in [0, 0.1) is 5.92 Å². The summed E-state index contributed by atoms with van der Waals surface area (Å²) in [6, 6.07) is 5.75. The van der Waals surface area contributed by atoms with Crippen molar-refractivity contribution in [3.05, 3.63) is 23.8 Å². The molecule has 0 aliphatic carbocycles. The topological polar surface area (TPSA) is 49.9 Å². The zero-order valence-electron chi connectivity index (χ0n) is 14.3. The van der Waals surface area contributed by atoms with Gasteiger partial charge in [-0.1, -0.05) is 13.8 Å². The molecule has 1 aromatic rings. The fourth-order valence-corrected chi connectivity index (χ4v) is 3.76. The van der Waals surface area contributed by atoms with Crippen LogP contribution >= 0.6 is 0 Å². The van der Waals surface area contributed by atoms with Crippen molar-refractivity contribution in [3.63, 3.8) is 0 Å². The number of hydrogen-bond donors (Lipinski definition) is 0. The van der Waals surface area contributed by atoms with Crippen LogP contribution in [0.4, 0.5) is 5.69 Å². The van der Waals surface area contributed by atoms with E-state index in [4.69, 9.17) is 4.74 Å². The van der Waals surface area contributed by atoms with E-state index in [0.717, 1.165) is 17.0 Å². The van der Waals surface area contributed by atoms with Crippen LogP contribution < -0.4 is 9.64 Å². The number of likely N-dealkylation sites (N-methyl/N-ethyl adjacent to an activating group) is 1. The zero-order chi connectivity index (χ0) is 16.8. The third kappa shape index (κ3) is 2.38. The largest absolute Gasteiger partial charge is 0.497 e. The van der Waals surface area contributed by atoms with Gasteiger partial charge in [0.05, 0.1) is 12.5 Å². The normalized spacial score (nSPS) is 23.1. The molecule has 2 heterocycles. The smallest absolute Gasteiger partial charge is 0.239 e. The molecule has 1 aromatic carbocycles. The molecule has 1 spiro atoms. The molecular weight excluding hydrogens is 292 g/mol. The quantitative estimate of drug-likeness (QED) is 0.859. The van der Waals surface area contributed by atoms with Crippen LogP contribution in [0.2, 0.25) is 0 Å². The van der Waals surface area contributed by atoms with Gasteiger partial charge in [0.2, 0.25) is 11.8 Å². The molecule has 23 heavy (non-hydrogen) atoms. The van der Waals surface area contributed by atoms with Crippen LogP contribution in [0.5, 0.6) is 5.75 Å². The number of anilines is 1. The van der Waals surface area contributed by atoms with Crippen LogP contribution in [0.25, 0.3) is 0 Å². The van der Waals surface area contributed by atoms with Crippen molar-refractivity contribution in [1.82, 2.24) is 4.90 Å². The number of methoxy groups -OCH3 is 1. The monoisotopic (exact) mass is 316 g/mol. The fraction of sp³-hybridized carbons (Fsp3) is 0.556. The predicted octanol–water partition coefficient (Wildman–Crippen LogP) is 2.19. The number of benzene rings is 1. The van der Waals surface area contributed by atoms with E-state index < -0.39 is 5.41 Å². The van der Waals surface area contributed by atoms with E-state index in [1.54, 1.807) is 19.1 Å². The Morgan fingerprint density at radius 1 is 1.39 bits per heavy atom. The third-order valence-electron chi connectivity index (χ3n) is 5.00. The van der Waals surface area contributed by atoms with Crippen LogP contribution in [-0.4, -0.2) is 44.0 Å². The molecule has 5 heteroatoms. The number of ether oxygens (including phenoxy) is 1. The Hall–Kier alpha value is -2.04. The van der Waals surface area contributed by atoms with Crippen LogP contribution in [0.3, 0.4) is 0 Å². The van der Waals surface area contributed by atoms with Gasteiger partial charge in [-0.3, -0.25) is 9.59 Å². The van der Waals surface area contributed by atoms with Gasteiger partial charge >= 0.3 is 0 Å². The third-order valence-corrected chi connectivity index (χ3v) is 5.00. The number of carbonyl (C=O) groups excluding carboxylic acids is 2. The lowest BCUT2D eigenvalue weighted by Gasteiger charge is -2.24. The molecule has 0 N–H and O–H groups in total. The van der Waals surface area contributed by atoms with Crippen LogP contribution in [-0.2, 0) is 15.0 Å². The summed E-state index contributed by atoms with van der Waals surface area (Å²) < 4.78 is 5.33. The highest BCUT2D eigenvalue weighted by Crippen LogP contribution is 2.48. The molecule has 0 aromatic heterocycles. The predicted molar refractivity (Wildman–Crippen MR) is 88.7 cm³/mol. The van der Waals surface area contributed by atoms with E-state index >= 15 is 0 Å². The molecule has 3 rings (SSSR count). The number of rotatable bonds is 3. The standard InChI is InChI=1S/C18H24N2O3/c1-12(2)9-16(21)20-8-7-18(11-20)14-10-13(23-4)5-6-15(14)19(3)17(18)22/h5-6,10,12H,7-9,11H2,1-4H3/t18-/m1/s1. The molecule has 0 unspecified atom stereocenters. The van der Waals surface area contributed by atoms with E-state index in [9.17, 15) is 9.59 Å². The van der Waals surface area contributed by atoms with Crippen molar-refractivity contribution in [2.75, 3.05) is 32.1 Å². The van der Waals surface area contributed by atoms with Crippen LogP contribution in [0.1, 0.15) is 32.3 Å². The van der Waals surface area contributed by atoms with Crippen molar-refractivity contribution >= 4 is 17.5 Å². The second-order valence-electron chi connectivity index (χ2n) is 6.99. The maximum Gasteiger partial charge on any atom is 0.239 e. The Kier molecular flexibility index (Phi) is 3.82. The number of hydrogen-bond acceptors (Lipinski definition) is 3. The van der Waals surface area contributed by atoms with E-state index in [2.05, 4.69) is 0 Å². The molecule has 5 nitrogen and oxygen atoms in total. The first-order valence-corrected chi connectivity index (χ1v) is 8.13. The molecule has 1 fully saturated rings. The molecule has 2 aliphatic heterocycles. The van der Waals surface area contributed by atoms with Gasteiger partial charge in [-0.05, 0) is 36.1 Å². The van der Waals surface area contributed by atoms with Gasteiger partial charge in [0, 0.05) is 32.2 Å². The minimum atomic E-state index is -0.606. The van der Waals surface area contributed by atoms with Crippen molar-refractivity contribution in [2.24, 2.45) is 5.92 Å². The van der Waals surface area contributed by atoms with E-state index in [1.807, 2.05) is 36.9 Å². The Morgan fingerprint density at radius 2 is 2.13 bits per heavy atom. The van der Waals surface area contributed by atoms with Gasteiger partial charge in [-0.25, -0.2) is 0 Å². The molecule has 0 bridgehead atoms. The van der Waals surface area contributed by atoms with E-state index in [-0.39, 0.29) is 11.8 Å². The van der Waals surface area contributed by atoms with Crippen molar-refractivity contribution in [3.8, 4) is 5.75 Å². The molecule has 2 aliphatic rings. The second kappa shape index (κ2) is 5.55. The maximum atomic E-state index is 12.9. The average Bonchev–Trinajstić information content (AvgIpc) is 3.05. The minimum Gasteiger partial charge on any atom is -0.497 e. The first-order valence-electron chi connectivity index (χ1n) is 8.13. The summed E-state index contributed by atoms with van der Waals surface area (Å²) in [5.41, 5.74) is 1.31. The summed E-state index contributed by atoms with van der Waals surface area (Å²) in [6.07, 6.45) is 1.21. The van der Waals surface area contributed by atoms with Crippen molar-refractivity contribution < 1.29 is 14.3 Å². The molecule has 1 atom stereocenters. The molecule has 0 saturated carbocycles. The average molecular weight is 316 g/mol. The lowest BCUT2D eigenvalue weighted by atomic mass is 9.81. The van der Waals surface area contributed by atoms with Gasteiger partial charge in [0.25, 0.3) is 0 Å². The van der Waals surface area contributed by atoms with Crippen molar-refractivity contribution in [2.45, 2.75) is 32.1 Å². The minimum absolute atomic E-state index is 0.0839. The van der Waals surface area contributed by atoms with Crippen molar-refractivity contribution in [1.29, 1.82) is 0 Å². The summed E-state index contributed by atoms with van der Waals surface area (Å²) in [5, 5.41) is 0. The van der Waals surface area contributed by atoms with Gasteiger partial charge < -0.3 is 14.5 Å². The Morgan fingerprint density at radius 3 is 2.78 bits per heavy atom. The highest BCUT2D eigenvalue weighted by atomic mass is 16.5. The second-order valence-corrected chi connectivity index (χ2v) is 6.99.